The molecule has 136 valence electrons. The van der Waals surface area contributed by atoms with Crippen LogP contribution < -0.4 is 5.32 Å². The third-order valence-electron chi connectivity index (χ3n) is 5.71. The van der Waals surface area contributed by atoms with E-state index in [4.69, 9.17) is 0 Å². The maximum absolute atomic E-state index is 12.6. The first-order valence-electron chi connectivity index (χ1n) is 9.26. The molecule has 2 fully saturated rings. The molecule has 1 aromatic carbocycles. The number of carbonyl (C=O) groups excluding carboxylic acids is 2. The molecule has 1 atom stereocenters. The van der Waals surface area contributed by atoms with Crippen LogP contribution in [0.4, 0.5) is 0 Å². The van der Waals surface area contributed by atoms with Crippen molar-refractivity contribution in [2.75, 3.05) is 13.1 Å². The van der Waals surface area contributed by atoms with Gasteiger partial charge in [-0.3, -0.25) is 9.59 Å². The molecule has 4 rings (SSSR count). The quantitative estimate of drug-likeness (QED) is 0.919. The number of hydrogen-bond donors (Lipinski definition) is 1. The van der Waals surface area contributed by atoms with Gasteiger partial charge in [0.2, 0.25) is 5.91 Å². The summed E-state index contributed by atoms with van der Waals surface area (Å²) in [6, 6.07) is 8.52. The molecular formula is C20H24N4O2. The highest BCUT2D eigenvalue weighted by molar-refractivity contribution is 5.97. The molecule has 1 aliphatic carbocycles. The molecule has 26 heavy (non-hydrogen) atoms. The van der Waals surface area contributed by atoms with Crippen LogP contribution >= 0.6 is 0 Å². The van der Waals surface area contributed by atoms with Crippen molar-refractivity contribution < 1.29 is 9.59 Å². The summed E-state index contributed by atoms with van der Waals surface area (Å²) >= 11 is 0. The molecule has 1 N–H and O–H groups in total. The highest BCUT2D eigenvalue weighted by Crippen LogP contribution is 2.53. The molecule has 2 heterocycles. The van der Waals surface area contributed by atoms with Crippen molar-refractivity contribution in [3.8, 4) is 5.69 Å². The van der Waals surface area contributed by atoms with Gasteiger partial charge in [0.1, 0.15) is 6.04 Å². The Bertz CT molecular complexity index is 784. The monoisotopic (exact) mass is 352 g/mol. The van der Waals surface area contributed by atoms with Crippen LogP contribution in [0, 0.1) is 5.41 Å². The number of nitrogens with one attached hydrogen (secondary N) is 1. The Morgan fingerprint density at radius 1 is 1.12 bits per heavy atom. The van der Waals surface area contributed by atoms with Crippen molar-refractivity contribution >= 4 is 11.8 Å². The Morgan fingerprint density at radius 2 is 1.81 bits per heavy atom. The average molecular weight is 352 g/mol. The SMILES string of the molecule is C[C@@H](NC(=O)c1ccc(-n2cccn2)cc1)C(=O)N1CCC2(CC1)CC2. The van der Waals surface area contributed by atoms with Crippen LogP contribution in [-0.2, 0) is 4.79 Å². The molecule has 0 radical (unpaired) electrons. The van der Waals surface area contributed by atoms with Crippen molar-refractivity contribution in [3.63, 3.8) is 0 Å². The lowest BCUT2D eigenvalue weighted by molar-refractivity contribution is -0.134. The summed E-state index contributed by atoms with van der Waals surface area (Å²) in [5, 5.41) is 7.00. The molecular weight excluding hydrogens is 328 g/mol. The number of rotatable bonds is 4. The number of likely N-dealkylation sites (tertiary alicyclic amines) is 1. The zero-order valence-electron chi connectivity index (χ0n) is 15.0. The molecule has 2 aromatic rings. The fraction of sp³-hybridized carbons (Fsp3) is 0.450. The molecule has 6 heteroatoms. The Kier molecular flexibility index (Phi) is 4.26. The summed E-state index contributed by atoms with van der Waals surface area (Å²) in [7, 11) is 0. The highest BCUT2D eigenvalue weighted by Gasteiger charge is 2.45. The van der Waals surface area contributed by atoms with Gasteiger partial charge in [-0.2, -0.15) is 5.10 Å². The molecule has 1 aliphatic heterocycles. The lowest BCUT2D eigenvalue weighted by Gasteiger charge is -2.33. The van der Waals surface area contributed by atoms with E-state index in [1.807, 2.05) is 29.3 Å². The van der Waals surface area contributed by atoms with Crippen LogP contribution in [0.25, 0.3) is 5.69 Å². The average Bonchev–Trinajstić information content (AvgIpc) is 3.20. The van der Waals surface area contributed by atoms with Crippen LogP contribution in [0.1, 0.15) is 43.0 Å². The molecule has 6 nitrogen and oxygen atoms in total. The van der Waals surface area contributed by atoms with Crippen molar-refractivity contribution in [3.05, 3.63) is 48.3 Å². The van der Waals surface area contributed by atoms with Crippen molar-refractivity contribution in [2.45, 2.75) is 38.6 Å². The molecule has 1 aromatic heterocycles. The summed E-state index contributed by atoms with van der Waals surface area (Å²) < 4.78 is 1.73. The van der Waals surface area contributed by atoms with Crippen molar-refractivity contribution in [2.24, 2.45) is 5.41 Å². The van der Waals surface area contributed by atoms with E-state index in [9.17, 15) is 9.59 Å². The predicted octanol–water partition coefficient (Wildman–Crippen LogP) is 2.39. The fourth-order valence-corrected chi connectivity index (χ4v) is 3.68. The van der Waals surface area contributed by atoms with E-state index >= 15 is 0 Å². The molecule has 1 saturated carbocycles. The van der Waals surface area contributed by atoms with E-state index in [-0.39, 0.29) is 11.8 Å². The standard InChI is InChI=1S/C20H24N4O2/c1-15(19(26)23-13-9-20(7-8-20)10-14-23)22-18(25)16-3-5-17(6-4-16)24-12-2-11-21-24/h2-6,11-12,15H,7-10,13-14H2,1H3,(H,22,25)/t15-/m1/s1. The minimum atomic E-state index is -0.512. The first-order valence-corrected chi connectivity index (χ1v) is 9.26. The molecule has 2 aliphatic rings. The minimum absolute atomic E-state index is 0.0158. The van der Waals surface area contributed by atoms with Gasteiger partial charge in [-0.25, -0.2) is 4.68 Å². The van der Waals surface area contributed by atoms with Crippen LogP contribution in [0.5, 0.6) is 0 Å². The molecule has 1 saturated heterocycles. The van der Waals surface area contributed by atoms with Crippen molar-refractivity contribution in [1.82, 2.24) is 20.0 Å². The number of carbonyl (C=O) groups is 2. The first-order chi connectivity index (χ1) is 12.6. The lowest BCUT2D eigenvalue weighted by Crippen LogP contribution is -2.49. The summed E-state index contributed by atoms with van der Waals surface area (Å²) in [5.41, 5.74) is 1.97. The number of hydrogen-bond acceptors (Lipinski definition) is 3. The number of nitrogens with zero attached hydrogens (tertiary/aromatic N) is 3. The van der Waals surface area contributed by atoms with E-state index in [1.165, 1.54) is 12.8 Å². The lowest BCUT2D eigenvalue weighted by atomic mass is 9.93. The third-order valence-corrected chi connectivity index (χ3v) is 5.71. The Hall–Kier alpha value is -2.63. The van der Waals surface area contributed by atoms with Gasteiger partial charge in [-0.1, -0.05) is 0 Å². The van der Waals surface area contributed by atoms with Gasteiger partial charge in [0.15, 0.2) is 0 Å². The maximum atomic E-state index is 12.6. The van der Waals surface area contributed by atoms with Gasteiger partial charge >= 0.3 is 0 Å². The topological polar surface area (TPSA) is 67.2 Å². The first kappa shape index (κ1) is 16.8. The van der Waals surface area contributed by atoms with E-state index in [2.05, 4.69) is 10.4 Å². The zero-order chi connectivity index (χ0) is 18.1. The normalized spacial score (nSPS) is 19.2. The molecule has 1 spiro atoms. The van der Waals surface area contributed by atoms with Crippen molar-refractivity contribution in [1.29, 1.82) is 0 Å². The summed E-state index contributed by atoms with van der Waals surface area (Å²) in [6.45, 7) is 3.40. The van der Waals surface area contributed by atoms with Gasteiger partial charge in [0, 0.05) is 31.0 Å². The summed E-state index contributed by atoms with van der Waals surface area (Å²) in [4.78, 5) is 27.0. The second kappa shape index (κ2) is 6.59. The largest absolute Gasteiger partial charge is 0.341 e. The second-order valence-electron chi connectivity index (χ2n) is 7.52. The minimum Gasteiger partial charge on any atom is -0.341 e. The van der Waals surface area contributed by atoms with Gasteiger partial charge < -0.3 is 10.2 Å². The maximum Gasteiger partial charge on any atom is 0.251 e. The van der Waals surface area contributed by atoms with E-state index < -0.39 is 6.04 Å². The number of aromatic nitrogens is 2. The Morgan fingerprint density at radius 3 is 2.38 bits per heavy atom. The van der Waals surface area contributed by atoms with E-state index in [0.717, 1.165) is 31.6 Å². The van der Waals surface area contributed by atoms with Gasteiger partial charge in [0.05, 0.1) is 5.69 Å². The molecule has 0 bridgehead atoms. The predicted molar refractivity (Wildman–Crippen MR) is 98.0 cm³/mol. The number of benzene rings is 1. The Balaban J connectivity index is 1.34. The summed E-state index contributed by atoms with van der Waals surface area (Å²) in [6.07, 6.45) is 8.40. The van der Waals surface area contributed by atoms with E-state index in [0.29, 0.717) is 11.0 Å². The van der Waals surface area contributed by atoms with Crippen LogP contribution in [0.3, 0.4) is 0 Å². The third kappa shape index (κ3) is 3.36. The second-order valence-corrected chi connectivity index (χ2v) is 7.52. The fourth-order valence-electron chi connectivity index (χ4n) is 3.68. The smallest absolute Gasteiger partial charge is 0.251 e. The van der Waals surface area contributed by atoms with Gasteiger partial charge in [0.25, 0.3) is 5.91 Å². The number of piperidine rings is 1. The zero-order valence-corrected chi connectivity index (χ0v) is 15.0. The van der Waals surface area contributed by atoms with Gasteiger partial charge in [-0.15, -0.1) is 0 Å². The van der Waals surface area contributed by atoms with Crippen LogP contribution in [-0.4, -0.2) is 45.6 Å². The summed E-state index contributed by atoms with van der Waals surface area (Å²) in [5.74, 6) is -0.212. The van der Waals surface area contributed by atoms with Crippen LogP contribution in [0.15, 0.2) is 42.7 Å². The Labute approximate surface area is 153 Å². The molecule has 0 unspecified atom stereocenters. The van der Waals surface area contributed by atoms with E-state index in [1.54, 1.807) is 29.9 Å². The highest BCUT2D eigenvalue weighted by atomic mass is 16.2. The molecule has 2 amide bonds. The number of amides is 2. The van der Waals surface area contributed by atoms with Gasteiger partial charge in [-0.05, 0) is 68.4 Å². The van der Waals surface area contributed by atoms with Crippen LogP contribution in [0.2, 0.25) is 0 Å².